The molecule has 0 fully saturated rings. The molecule has 1 heterocycles. The molecule has 2 aromatic rings. The van der Waals surface area contributed by atoms with Gasteiger partial charge in [-0.2, -0.15) is 4.72 Å². The minimum absolute atomic E-state index is 0.0291. The molecule has 7 nitrogen and oxygen atoms in total. The third kappa shape index (κ3) is 4.44. The van der Waals surface area contributed by atoms with E-state index in [-0.39, 0.29) is 16.3 Å². The summed E-state index contributed by atoms with van der Waals surface area (Å²) in [5.41, 5.74) is 0.636. The largest absolute Gasteiger partial charge is 0.497 e. The van der Waals surface area contributed by atoms with Gasteiger partial charge in [-0.15, -0.1) is 0 Å². The maximum absolute atomic E-state index is 12.5. The summed E-state index contributed by atoms with van der Waals surface area (Å²) in [6.07, 6.45) is 2.97. The summed E-state index contributed by atoms with van der Waals surface area (Å²) in [6, 6.07) is 5.99. The first-order valence-corrected chi connectivity index (χ1v) is 8.67. The molecule has 1 atom stereocenters. The molecule has 0 aliphatic rings. The van der Waals surface area contributed by atoms with Crippen LogP contribution in [0.2, 0.25) is 5.02 Å². The number of carbonyl (C=O) groups is 1. The molecular weight excluding hydrogens is 356 g/mol. The number of carboxylic acid groups (broad SMARTS) is 1. The van der Waals surface area contributed by atoms with Crippen LogP contribution >= 0.6 is 11.6 Å². The van der Waals surface area contributed by atoms with Crippen molar-refractivity contribution in [1.29, 1.82) is 0 Å². The smallest absolute Gasteiger partial charge is 0.322 e. The van der Waals surface area contributed by atoms with Crippen molar-refractivity contribution in [2.45, 2.75) is 17.4 Å². The Kier molecular flexibility index (Phi) is 5.76. The van der Waals surface area contributed by atoms with Crippen LogP contribution in [0.25, 0.3) is 0 Å². The maximum atomic E-state index is 12.5. The number of rotatable bonds is 7. The SMILES string of the molecule is COc1ccc(Cl)c(S(=O)(=O)NC(Cc2ccncc2)C(=O)O)c1. The molecule has 1 aromatic carbocycles. The van der Waals surface area contributed by atoms with E-state index in [1.165, 1.54) is 37.7 Å². The molecule has 9 heteroatoms. The number of ether oxygens (including phenoxy) is 1. The van der Waals surface area contributed by atoms with Crippen LogP contribution in [0.5, 0.6) is 5.75 Å². The lowest BCUT2D eigenvalue weighted by atomic mass is 10.1. The van der Waals surface area contributed by atoms with Gasteiger partial charge in [0, 0.05) is 18.5 Å². The molecule has 1 unspecified atom stereocenters. The van der Waals surface area contributed by atoms with Crippen molar-refractivity contribution in [2.75, 3.05) is 7.11 Å². The number of halogens is 1. The molecular formula is C15H15ClN2O5S. The van der Waals surface area contributed by atoms with Crippen LogP contribution in [-0.4, -0.2) is 37.6 Å². The van der Waals surface area contributed by atoms with Crippen molar-refractivity contribution in [3.05, 3.63) is 53.3 Å². The van der Waals surface area contributed by atoms with E-state index in [1.807, 2.05) is 0 Å². The highest BCUT2D eigenvalue weighted by molar-refractivity contribution is 7.89. The van der Waals surface area contributed by atoms with E-state index in [0.29, 0.717) is 11.3 Å². The number of hydrogen-bond donors (Lipinski definition) is 2. The summed E-state index contributed by atoms with van der Waals surface area (Å²) >= 11 is 5.93. The Bertz CT molecular complexity index is 827. The molecule has 128 valence electrons. The predicted octanol–water partition coefficient (Wildman–Crippen LogP) is 1.72. The molecule has 0 aliphatic carbocycles. The second kappa shape index (κ2) is 7.61. The van der Waals surface area contributed by atoms with Gasteiger partial charge in [0.25, 0.3) is 0 Å². The third-order valence-electron chi connectivity index (χ3n) is 3.21. The molecule has 2 N–H and O–H groups in total. The third-order valence-corrected chi connectivity index (χ3v) is 5.17. The van der Waals surface area contributed by atoms with Gasteiger partial charge in [0.2, 0.25) is 10.0 Å². The minimum Gasteiger partial charge on any atom is -0.497 e. The molecule has 0 aliphatic heterocycles. The average molecular weight is 371 g/mol. The summed E-state index contributed by atoms with van der Waals surface area (Å²) < 4.78 is 32.1. The van der Waals surface area contributed by atoms with Gasteiger partial charge >= 0.3 is 5.97 Å². The monoisotopic (exact) mass is 370 g/mol. The fourth-order valence-electron chi connectivity index (χ4n) is 2.00. The molecule has 0 amide bonds. The zero-order valence-corrected chi connectivity index (χ0v) is 14.2. The second-order valence-electron chi connectivity index (χ2n) is 4.87. The van der Waals surface area contributed by atoms with E-state index in [2.05, 4.69) is 9.71 Å². The Labute approximate surface area is 144 Å². The van der Waals surface area contributed by atoms with E-state index >= 15 is 0 Å². The van der Waals surface area contributed by atoms with E-state index in [1.54, 1.807) is 12.1 Å². The summed E-state index contributed by atoms with van der Waals surface area (Å²) in [4.78, 5) is 15.0. The molecule has 0 spiro atoms. The van der Waals surface area contributed by atoms with Crippen molar-refractivity contribution < 1.29 is 23.1 Å². The van der Waals surface area contributed by atoms with Crippen molar-refractivity contribution >= 4 is 27.6 Å². The second-order valence-corrected chi connectivity index (χ2v) is 6.96. The lowest BCUT2D eigenvalue weighted by Crippen LogP contribution is -2.42. The van der Waals surface area contributed by atoms with Crippen LogP contribution in [0.1, 0.15) is 5.56 Å². The van der Waals surface area contributed by atoms with Crippen molar-refractivity contribution in [3.8, 4) is 5.75 Å². The lowest BCUT2D eigenvalue weighted by Gasteiger charge is -2.16. The Morgan fingerprint density at radius 3 is 2.58 bits per heavy atom. The molecule has 1 aromatic heterocycles. The molecule has 24 heavy (non-hydrogen) atoms. The highest BCUT2D eigenvalue weighted by Crippen LogP contribution is 2.26. The fraction of sp³-hybridized carbons (Fsp3) is 0.200. The summed E-state index contributed by atoms with van der Waals surface area (Å²) in [6.45, 7) is 0. The number of nitrogens with zero attached hydrogens (tertiary/aromatic N) is 1. The van der Waals surface area contributed by atoms with Crippen molar-refractivity contribution in [3.63, 3.8) is 0 Å². The van der Waals surface area contributed by atoms with Gasteiger partial charge < -0.3 is 9.84 Å². The topological polar surface area (TPSA) is 106 Å². The molecule has 2 rings (SSSR count). The molecule has 0 bridgehead atoms. The molecule has 0 saturated heterocycles. The Morgan fingerprint density at radius 2 is 2.00 bits per heavy atom. The van der Waals surface area contributed by atoms with E-state index in [0.717, 1.165) is 0 Å². The number of aromatic nitrogens is 1. The summed E-state index contributed by atoms with van der Waals surface area (Å²) in [5.74, 6) is -1.00. The lowest BCUT2D eigenvalue weighted by molar-refractivity contribution is -0.138. The zero-order chi connectivity index (χ0) is 17.7. The van der Waals surface area contributed by atoms with Crippen LogP contribution in [-0.2, 0) is 21.2 Å². The minimum atomic E-state index is -4.15. The zero-order valence-electron chi connectivity index (χ0n) is 12.6. The van der Waals surface area contributed by atoms with Gasteiger partial charge in [0.15, 0.2) is 0 Å². The summed E-state index contributed by atoms with van der Waals surface area (Å²) in [5, 5.41) is 9.28. The van der Waals surface area contributed by atoms with Crippen LogP contribution in [0, 0.1) is 0 Å². The van der Waals surface area contributed by atoms with Crippen molar-refractivity contribution in [2.24, 2.45) is 0 Å². The number of benzene rings is 1. The number of hydrogen-bond acceptors (Lipinski definition) is 5. The van der Waals surface area contributed by atoms with Gasteiger partial charge in [-0.05, 0) is 36.2 Å². The number of nitrogens with one attached hydrogen (secondary N) is 1. The first-order valence-electron chi connectivity index (χ1n) is 6.81. The maximum Gasteiger partial charge on any atom is 0.322 e. The van der Waals surface area contributed by atoms with Gasteiger partial charge in [-0.1, -0.05) is 11.6 Å². The highest BCUT2D eigenvalue weighted by atomic mass is 35.5. The van der Waals surface area contributed by atoms with Gasteiger partial charge in [0.05, 0.1) is 12.1 Å². The quantitative estimate of drug-likeness (QED) is 0.768. The van der Waals surface area contributed by atoms with Crippen LogP contribution in [0.15, 0.2) is 47.6 Å². The first-order chi connectivity index (χ1) is 11.3. The Hall–Kier alpha value is -2.16. The van der Waals surface area contributed by atoms with Gasteiger partial charge in [-0.25, -0.2) is 8.42 Å². The number of methoxy groups -OCH3 is 1. The van der Waals surface area contributed by atoms with Crippen LogP contribution in [0.3, 0.4) is 0 Å². The van der Waals surface area contributed by atoms with Crippen LogP contribution in [0.4, 0.5) is 0 Å². The molecule has 0 saturated carbocycles. The standard InChI is InChI=1S/C15H15ClN2O5S/c1-23-11-2-3-12(16)14(9-11)24(21,22)18-13(15(19)20)8-10-4-6-17-7-5-10/h2-7,9,13,18H,8H2,1H3,(H,19,20). The van der Waals surface area contributed by atoms with Crippen molar-refractivity contribution in [1.82, 2.24) is 9.71 Å². The Morgan fingerprint density at radius 1 is 1.33 bits per heavy atom. The van der Waals surface area contributed by atoms with Crippen LogP contribution < -0.4 is 9.46 Å². The van der Waals surface area contributed by atoms with Gasteiger partial charge in [0.1, 0.15) is 16.7 Å². The Balaban J connectivity index is 2.29. The molecule has 0 radical (unpaired) electrons. The average Bonchev–Trinajstić information content (AvgIpc) is 2.55. The van der Waals surface area contributed by atoms with E-state index in [9.17, 15) is 18.3 Å². The first kappa shape index (κ1) is 18.2. The number of sulfonamides is 1. The fourth-order valence-corrected chi connectivity index (χ4v) is 3.71. The highest BCUT2D eigenvalue weighted by Gasteiger charge is 2.27. The normalized spacial score (nSPS) is 12.6. The van der Waals surface area contributed by atoms with Gasteiger partial charge in [-0.3, -0.25) is 9.78 Å². The number of aliphatic carboxylic acids is 1. The van der Waals surface area contributed by atoms with E-state index in [4.69, 9.17) is 16.3 Å². The predicted molar refractivity (Wildman–Crippen MR) is 87.7 cm³/mol. The van der Waals surface area contributed by atoms with E-state index < -0.39 is 22.0 Å². The number of pyridine rings is 1. The summed E-state index contributed by atoms with van der Waals surface area (Å²) in [7, 11) is -2.76. The number of carboxylic acids is 1.